The maximum atomic E-state index is 10.3. The van der Waals surface area contributed by atoms with Crippen LogP contribution in [0.15, 0.2) is 23.3 Å². The molecule has 16 heavy (non-hydrogen) atoms. The molecule has 0 fully saturated rings. The van der Waals surface area contributed by atoms with Crippen LogP contribution in [0.5, 0.6) is 0 Å². The van der Waals surface area contributed by atoms with E-state index < -0.39 is 13.1 Å². The van der Waals surface area contributed by atoms with Crippen LogP contribution >= 0.6 is 0 Å². The van der Waals surface area contributed by atoms with Crippen molar-refractivity contribution >= 4 is 24.8 Å². The highest BCUT2D eigenvalue weighted by atomic mass is 16.4. The fraction of sp³-hybridized carbons (Fsp3) is 0.111. The van der Waals surface area contributed by atoms with Crippen LogP contribution in [0.3, 0.4) is 0 Å². The zero-order valence-corrected chi connectivity index (χ0v) is 8.71. The number of nitrogens with zero attached hydrogens (tertiary/aromatic N) is 1. The number of hydrogen-bond donors (Lipinski definition) is 4. The summed E-state index contributed by atoms with van der Waals surface area (Å²) in [5.41, 5.74) is 8.85. The minimum Gasteiger partial charge on any atom is -0.423 e. The Morgan fingerprint density at radius 3 is 2.75 bits per heavy atom. The van der Waals surface area contributed by atoms with E-state index in [1.165, 1.54) is 6.21 Å². The summed E-state index contributed by atoms with van der Waals surface area (Å²) in [5.74, 6) is 0. The van der Waals surface area contributed by atoms with Gasteiger partial charge in [0.2, 0.25) is 0 Å². The molecule has 7 heteroatoms. The summed E-state index contributed by atoms with van der Waals surface area (Å²) < 4.78 is 0. The van der Waals surface area contributed by atoms with Crippen LogP contribution in [-0.2, 0) is 0 Å². The van der Waals surface area contributed by atoms with Gasteiger partial charge in [-0.05, 0) is 23.5 Å². The van der Waals surface area contributed by atoms with E-state index in [0.29, 0.717) is 5.46 Å². The van der Waals surface area contributed by atoms with E-state index in [0.717, 1.165) is 11.1 Å². The Labute approximate surface area is 92.9 Å². The second-order valence-corrected chi connectivity index (χ2v) is 3.22. The number of primary amides is 1. The monoisotopic (exact) mass is 221 g/mol. The van der Waals surface area contributed by atoms with Gasteiger partial charge in [-0.15, -0.1) is 0 Å². The molecule has 6 nitrogen and oxygen atoms in total. The largest absolute Gasteiger partial charge is 0.488 e. The summed E-state index contributed by atoms with van der Waals surface area (Å²) >= 11 is 0. The molecule has 0 aliphatic heterocycles. The first-order valence-electron chi connectivity index (χ1n) is 4.56. The van der Waals surface area contributed by atoms with Gasteiger partial charge < -0.3 is 15.8 Å². The van der Waals surface area contributed by atoms with Gasteiger partial charge in [-0.25, -0.2) is 10.2 Å². The SMILES string of the molecule is Cc1cc(B(O)O)ccc1C=NNC(N)=O. The van der Waals surface area contributed by atoms with E-state index in [1.807, 2.05) is 0 Å². The minimum atomic E-state index is -1.49. The Bertz CT molecular complexity index is 420. The summed E-state index contributed by atoms with van der Waals surface area (Å²) in [6.45, 7) is 1.79. The molecule has 0 unspecified atom stereocenters. The molecule has 0 aliphatic carbocycles. The van der Waals surface area contributed by atoms with Crippen molar-refractivity contribution < 1.29 is 14.8 Å². The van der Waals surface area contributed by atoms with Gasteiger partial charge in [0.05, 0.1) is 6.21 Å². The van der Waals surface area contributed by atoms with Crippen molar-refractivity contribution in [1.82, 2.24) is 5.43 Å². The van der Waals surface area contributed by atoms with E-state index in [-0.39, 0.29) is 0 Å². The number of benzene rings is 1. The second kappa shape index (κ2) is 5.29. The molecular formula is C9H12BN3O3. The Morgan fingerprint density at radius 1 is 1.56 bits per heavy atom. The molecule has 0 atom stereocenters. The van der Waals surface area contributed by atoms with Gasteiger partial charge in [0.25, 0.3) is 0 Å². The zero-order valence-electron chi connectivity index (χ0n) is 8.71. The van der Waals surface area contributed by atoms with Gasteiger partial charge in [0.1, 0.15) is 0 Å². The molecule has 0 aromatic heterocycles. The standard InChI is InChI=1S/C9H12BN3O3/c1-6-4-8(10(15)16)3-2-7(6)5-12-13-9(11)14/h2-5,15-16H,1H3,(H3,11,13,14). The van der Waals surface area contributed by atoms with Crippen LogP contribution in [-0.4, -0.2) is 29.4 Å². The maximum absolute atomic E-state index is 10.3. The Hall–Kier alpha value is -1.86. The molecule has 0 bridgehead atoms. The molecule has 0 spiro atoms. The van der Waals surface area contributed by atoms with Crippen molar-refractivity contribution in [2.24, 2.45) is 10.8 Å². The molecule has 0 aliphatic rings. The molecule has 5 N–H and O–H groups in total. The fourth-order valence-electron chi connectivity index (χ4n) is 1.17. The molecule has 1 aromatic carbocycles. The topological polar surface area (TPSA) is 108 Å². The second-order valence-electron chi connectivity index (χ2n) is 3.22. The normalized spacial score (nSPS) is 10.4. The zero-order chi connectivity index (χ0) is 12.1. The number of urea groups is 1. The third-order valence-corrected chi connectivity index (χ3v) is 1.97. The summed E-state index contributed by atoms with van der Waals surface area (Å²) in [6, 6.07) is 4.10. The number of rotatable bonds is 3. The van der Waals surface area contributed by atoms with Gasteiger partial charge in [0, 0.05) is 0 Å². The van der Waals surface area contributed by atoms with Crippen molar-refractivity contribution in [3.8, 4) is 0 Å². The smallest absolute Gasteiger partial charge is 0.423 e. The number of carbonyl (C=O) groups is 1. The highest BCUT2D eigenvalue weighted by molar-refractivity contribution is 6.58. The predicted octanol–water partition coefficient (Wildman–Crippen LogP) is -1.32. The van der Waals surface area contributed by atoms with Crippen molar-refractivity contribution in [2.45, 2.75) is 6.92 Å². The first-order chi connectivity index (χ1) is 7.50. The van der Waals surface area contributed by atoms with Gasteiger partial charge in [0.15, 0.2) is 0 Å². The van der Waals surface area contributed by atoms with Crippen molar-refractivity contribution in [3.63, 3.8) is 0 Å². The lowest BCUT2D eigenvalue weighted by atomic mass is 9.79. The highest BCUT2D eigenvalue weighted by Gasteiger charge is 2.11. The number of nitrogens with one attached hydrogen (secondary N) is 1. The molecule has 84 valence electrons. The summed E-state index contributed by atoms with van der Waals surface area (Å²) in [7, 11) is -1.49. The van der Waals surface area contributed by atoms with Crippen LogP contribution in [0, 0.1) is 6.92 Å². The Kier molecular flexibility index (Phi) is 4.04. The van der Waals surface area contributed by atoms with Gasteiger partial charge in [-0.1, -0.05) is 18.2 Å². The number of amides is 2. The number of hydrazone groups is 1. The number of hydrogen-bond acceptors (Lipinski definition) is 4. The first-order valence-corrected chi connectivity index (χ1v) is 4.56. The van der Waals surface area contributed by atoms with Gasteiger partial charge in [-0.2, -0.15) is 5.10 Å². The summed E-state index contributed by atoms with van der Waals surface area (Å²) in [6.07, 6.45) is 1.42. The minimum absolute atomic E-state index is 0.400. The van der Waals surface area contributed by atoms with Crippen molar-refractivity contribution in [2.75, 3.05) is 0 Å². The van der Waals surface area contributed by atoms with Crippen LogP contribution in [0.25, 0.3) is 0 Å². The maximum Gasteiger partial charge on any atom is 0.488 e. The molecule has 0 radical (unpaired) electrons. The third-order valence-electron chi connectivity index (χ3n) is 1.97. The van der Waals surface area contributed by atoms with Crippen LogP contribution in [0.4, 0.5) is 4.79 Å². The van der Waals surface area contributed by atoms with Crippen LogP contribution in [0.2, 0.25) is 0 Å². The average molecular weight is 221 g/mol. The lowest BCUT2D eigenvalue weighted by molar-refractivity contribution is 0.249. The van der Waals surface area contributed by atoms with E-state index in [2.05, 4.69) is 10.5 Å². The molecule has 2 amide bonds. The van der Waals surface area contributed by atoms with E-state index in [4.69, 9.17) is 15.8 Å². The molecule has 0 heterocycles. The highest BCUT2D eigenvalue weighted by Crippen LogP contribution is 2.02. The first kappa shape index (κ1) is 12.2. The average Bonchev–Trinajstić information content (AvgIpc) is 2.19. The summed E-state index contributed by atoms with van der Waals surface area (Å²) in [5, 5.41) is 21.5. The van der Waals surface area contributed by atoms with Gasteiger partial charge >= 0.3 is 13.1 Å². The number of nitrogens with two attached hydrogens (primary N) is 1. The van der Waals surface area contributed by atoms with E-state index >= 15 is 0 Å². The molecule has 0 saturated heterocycles. The summed E-state index contributed by atoms with van der Waals surface area (Å²) in [4.78, 5) is 10.3. The van der Waals surface area contributed by atoms with Crippen molar-refractivity contribution in [1.29, 1.82) is 0 Å². The predicted molar refractivity (Wildman–Crippen MR) is 61.3 cm³/mol. The molecule has 1 aromatic rings. The fourth-order valence-corrected chi connectivity index (χ4v) is 1.17. The molecular weight excluding hydrogens is 209 g/mol. The van der Waals surface area contributed by atoms with E-state index in [1.54, 1.807) is 25.1 Å². The quantitative estimate of drug-likeness (QED) is 0.288. The van der Waals surface area contributed by atoms with Crippen LogP contribution in [0.1, 0.15) is 11.1 Å². The molecule has 1 rings (SSSR count). The van der Waals surface area contributed by atoms with Crippen molar-refractivity contribution in [3.05, 3.63) is 29.3 Å². The Morgan fingerprint density at radius 2 is 2.25 bits per heavy atom. The molecule has 0 saturated carbocycles. The lowest BCUT2D eigenvalue weighted by Crippen LogP contribution is -2.30. The number of aryl methyl sites for hydroxylation is 1. The van der Waals surface area contributed by atoms with E-state index in [9.17, 15) is 4.79 Å². The third kappa shape index (κ3) is 3.37. The Balaban J connectivity index is 2.83. The number of carbonyl (C=O) groups excluding carboxylic acids is 1. The van der Waals surface area contributed by atoms with Crippen LogP contribution < -0.4 is 16.6 Å². The van der Waals surface area contributed by atoms with Gasteiger partial charge in [-0.3, -0.25) is 0 Å². The lowest BCUT2D eigenvalue weighted by Gasteiger charge is -2.03.